The number of halogens is 2. The molecule has 4 nitrogen and oxygen atoms in total. The summed E-state index contributed by atoms with van der Waals surface area (Å²) >= 11 is 3.47. The van der Waals surface area contributed by atoms with E-state index in [9.17, 15) is 5.11 Å². The van der Waals surface area contributed by atoms with Gasteiger partial charge in [0, 0.05) is 24.1 Å². The predicted octanol–water partition coefficient (Wildman–Crippen LogP) is 4.61. The molecule has 2 aromatic carbocycles. The van der Waals surface area contributed by atoms with Crippen LogP contribution in [-0.4, -0.2) is 49.0 Å². The molecule has 0 amide bonds. The van der Waals surface area contributed by atoms with E-state index in [4.69, 9.17) is 9.47 Å². The summed E-state index contributed by atoms with van der Waals surface area (Å²) in [6, 6.07) is 12.4. The first-order valence-corrected chi connectivity index (χ1v) is 10.2. The Morgan fingerprint density at radius 3 is 2.64 bits per heavy atom. The normalized spacial score (nSPS) is 18.4. The van der Waals surface area contributed by atoms with Gasteiger partial charge in [-0.15, -0.1) is 12.4 Å². The van der Waals surface area contributed by atoms with E-state index in [0.29, 0.717) is 19.8 Å². The molecule has 0 bridgehead atoms. The number of hydrogen-bond donors (Lipinski definition) is 1. The first kappa shape index (κ1) is 23.2. The van der Waals surface area contributed by atoms with Gasteiger partial charge in [0.2, 0.25) is 0 Å². The van der Waals surface area contributed by atoms with Gasteiger partial charge in [-0.1, -0.05) is 34.1 Å². The maximum atomic E-state index is 10.5. The second-order valence-electron chi connectivity index (χ2n) is 7.34. The maximum absolute atomic E-state index is 10.5. The highest BCUT2D eigenvalue weighted by molar-refractivity contribution is 9.10. The van der Waals surface area contributed by atoms with Crippen LogP contribution in [0.5, 0.6) is 5.75 Å². The maximum Gasteiger partial charge on any atom is 0.122 e. The fourth-order valence-corrected chi connectivity index (χ4v) is 3.70. The van der Waals surface area contributed by atoms with Crippen LogP contribution in [-0.2, 0) is 4.74 Å². The molecule has 154 valence electrons. The third kappa shape index (κ3) is 6.19. The van der Waals surface area contributed by atoms with Gasteiger partial charge < -0.3 is 14.6 Å². The van der Waals surface area contributed by atoms with Crippen LogP contribution in [0.4, 0.5) is 0 Å². The minimum absolute atomic E-state index is 0. The van der Waals surface area contributed by atoms with Gasteiger partial charge in [-0.3, -0.25) is 4.90 Å². The fraction of sp³-hybridized carbons (Fsp3) is 0.455. The standard InChI is InChI=1S/C22H28BrNO3.ClH/c1-15-10-16(2)17(3)21(11-15)27-14-20(25)12-24-8-9-26-22(13-24)18-4-6-19(23)7-5-18;/h4-7,10-11,20,22,25H,8-9,12-14H2,1-3H3;1H. The van der Waals surface area contributed by atoms with Crippen LogP contribution in [0, 0.1) is 20.8 Å². The molecule has 1 saturated heterocycles. The van der Waals surface area contributed by atoms with Crippen molar-refractivity contribution < 1.29 is 14.6 Å². The van der Waals surface area contributed by atoms with Gasteiger partial charge in [0.1, 0.15) is 18.5 Å². The third-order valence-corrected chi connectivity index (χ3v) is 5.59. The number of aryl methyl sites for hydroxylation is 2. The summed E-state index contributed by atoms with van der Waals surface area (Å²) in [4.78, 5) is 2.25. The lowest BCUT2D eigenvalue weighted by atomic mass is 10.1. The van der Waals surface area contributed by atoms with Crippen molar-refractivity contribution in [1.82, 2.24) is 4.90 Å². The highest BCUT2D eigenvalue weighted by atomic mass is 79.9. The molecule has 6 heteroatoms. The molecule has 28 heavy (non-hydrogen) atoms. The molecule has 2 aromatic rings. The Morgan fingerprint density at radius 2 is 1.93 bits per heavy atom. The highest BCUT2D eigenvalue weighted by Crippen LogP contribution is 2.25. The van der Waals surface area contributed by atoms with Gasteiger partial charge in [-0.2, -0.15) is 0 Å². The largest absolute Gasteiger partial charge is 0.491 e. The van der Waals surface area contributed by atoms with Crippen LogP contribution in [0.25, 0.3) is 0 Å². The number of benzene rings is 2. The van der Waals surface area contributed by atoms with E-state index in [-0.39, 0.29) is 18.5 Å². The zero-order chi connectivity index (χ0) is 19.4. The number of morpholine rings is 1. The Hall–Kier alpha value is -1.11. The molecule has 1 aliphatic rings. The van der Waals surface area contributed by atoms with E-state index in [1.807, 2.05) is 18.2 Å². The summed E-state index contributed by atoms with van der Waals surface area (Å²) in [6.45, 7) is 9.36. The van der Waals surface area contributed by atoms with Crippen LogP contribution in [0.15, 0.2) is 40.9 Å². The fourth-order valence-electron chi connectivity index (χ4n) is 3.43. The molecule has 3 rings (SSSR count). The molecule has 0 aliphatic carbocycles. The number of nitrogens with zero attached hydrogens (tertiary/aromatic N) is 1. The number of ether oxygens (including phenoxy) is 2. The van der Waals surface area contributed by atoms with Gasteiger partial charge >= 0.3 is 0 Å². The minimum Gasteiger partial charge on any atom is -0.491 e. The van der Waals surface area contributed by atoms with E-state index in [1.54, 1.807) is 0 Å². The van der Waals surface area contributed by atoms with Crippen molar-refractivity contribution in [2.45, 2.75) is 33.0 Å². The summed E-state index contributed by atoms with van der Waals surface area (Å²) < 4.78 is 12.9. The third-order valence-electron chi connectivity index (χ3n) is 5.06. The zero-order valence-corrected chi connectivity index (χ0v) is 19.1. The number of rotatable bonds is 6. The van der Waals surface area contributed by atoms with Crippen molar-refractivity contribution in [1.29, 1.82) is 0 Å². The summed E-state index contributed by atoms with van der Waals surface area (Å²) in [7, 11) is 0. The Kier molecular flexibility index (Phi) is 8.78. The monoisotopic (exact) mass is 469 g/mol. The van der Waals surface area contributed by atoms with Gasteiger partial charge in [-0.25, -0.2) is 0 Å². The Balaban J connectivity index is 0.00000280. The number of aliphatic hydroxyl groups is 1. The molecule has 1 aliphatic heterocycles. The summed E-state index contributed by atoms with van der Waals surface area (Å²) in [5.74, 6) is 0.862. The molecular formula is C22H29BrClNO3. The molecule has 0 aromatic heterocycles. The van der Waals surface area contributed by atoms with Crippen molar-refractivity contribution in [2.24, 2.45) is 0 Å². The van der Waals surface area contributed by atoms with E-state index in [1.165, 1.54) is 16.7 Å². The van der Waals surface area contributed by atoms with Crippen molar-refractivity contribution in [2.75, 3.05) is 32.8 Å². The lowest BCUT2D eigenvalue weighted by Gasteiger charge is -2.34. The summed E-state index contributed by atoms with van der Waals surface area (Å²) in [6.07, 6.45) is -0.490. The zero-order valence-electron chi connectivity index (χ0n) is 16.7. The summed E-state index contributed by atoms with van der Waals surface area (Å²) in [5, 5.41) is 10.5. The molecular weight excluding hydrogens is 442 g/mol. The molecule has 1 fully saturated rings. The molecule has 2 unspecified atom stereocenters. The van der Waals surface area contributed by atoms with E-state index in [0.717, 1.165) is 28.9 Å². The number of aliphatic hydroxyl groups excluding tert-OH is 1. The van der Waals surface area contributed by atoms with Crippen LogP contribution in [0.2, 0.25) is 0 Å². The Labute approximate surface area is 182 Å². The smallest absolute Gasteiger partial charge is 0.122 e. The SMILES string of the molecule is Cc1cc(C)c(C)c(OCC(O)CN2CCOC(c3ccc(Br)cc3)C2)c1.Cl. The number of hydrogen-bond acceptors (Lipinski definition) is 4. The molecule has 2 atom stereocenters. The second-order valence-corrected chi connectivity index (χ2v) is 8.26. The first-order valence-electron chi connectivity index (χ1n) is 9.40. The lowest BCUT2D eigenvalue weighted by molar-refractivity contribution is -0.0459. The van der Waals surface area contributed by atoms with Crippen molar-refractivity contribution in [3.63, 3.8) is 0 Å². The van der Waals surface area contributed by atoms with Crippen LogP contribution < -0.4 is 4.74 Å². The van der Waals surface area contributed by atoms with Crippen LogP contribution >= 0.6 is 28.3 Å². The molecule has 0 saturated carbocycles. The Morgan fingerprint density at radius 1 is 1.21 bits per heavy atom. The molecule has 0 radical (unpaired) electrons. The van der Waals surface area contributed by atoms with Gasteiger partial charge in [-0.05, 0) is 61.2 Å². The predicted molar refractivity (Wildman–Crippen MR) is 119 cm³/mol. The van der Waals surface area contributed by atoms with Crippen molar-refractivity contribution in [3.05, 3.63) is 63.1 Å². The van der Waals surface area contributed by atoms with Gasteiger partial charge in [0.05, 0.1) is 12.7 Å². The van der Waals surface area contributed by atoms with E-state index in [2.05, 4.69) is 59.8 Å². The molecule has 1 heterocycles. The second kappa shape index (κ2) is 10.6. The lowest BCUT2D eigenvalue weighted by Crippen LogP contribution is -2.43. The molecule has 0 spiro atoms. The summed E-state index contributed by atoms with van der Waals surface area (Å²) in [5.41, 5.74) is 4.69. The van der Waals surface area contributed by atoms with Crippen LogP contribution in [0.3, 0.4) is 0 Å². The Bertz CT molecular complexity index is 769. The first-order chi connectivity index (χ1) is 12.9. The average molecular weight is 471 g/mol. The van der Waals surface area contributed by atoms with Gasteiger partial charge in [0.15, 0.2) is 0 Å². The highest BCUT2D eigenvalue weighted by Gasteiger charge is 2.24. The van der Waals surface area contributed by atoms with Crippen molar-refractivity contribution >= 4 is 28.3 Å². The van der Waals surface area contributed by atoms with E-state index < -0.39 is 6.10 Å². The molecule has 1 N–H and O–H groups in total. The van der Waals surface area contributed by atoms with E-state index >= 15 is 0 Å². The number of β-amino-alcohol motifs (C(OH)–C–C–N with tert-alkyl or cyclic N) is 1. The van der Waals surface area contributed by atoms with Crippen molar-refractivity contribution in [3.8, 4) is 5.75 Å². The minimum atomic E-state index is -0.533. The van der Waals surface area contributed by atoms with Crippen LogP contribution in [0.1, 0.15) is 28.4 Å². The van der Waals surface area contributed by atoms with Gasteiger partial charge in [0.25, 0.3) is 0 Å². The average Bonchev–Trinajstić information content (AvgIpc) is 2.64. The quantitative estimate of drug-likeness (QED) is 0.669. The topological polar surface area (TPSA) is 41.9 Å².